The summed E-state index contributed by atoms with van der Waals surface area (Å²) in [5.41, 5.74) is 0.909. The number of aromatic nitrogens is 1. The summed E-state index contributed by atoms with van der Waals surface area (Å²) in [6, 6.07) is 3.56. The largest absolute Gasteiger partial charge is 0.348 e. The van der Waals surface area contributed by atoms with Crippen LogP contribution < -0.4 is 10.6 Å². The maximum absolute atomic E-state index is 11.3. The molecule has 0 aliphatic carbocycles. The monoisotopic (exact) mass is 221 g/mol. The van der Waals surface area contributed by atoms with Crippen LogP contribution in [0.3, 0.4) is 0 Å². The molecule has 5 heteroatoms. The fraction of sp³-hybridized carbons (Fsp3) is 0.364. The molecule has 86 valence electrons. The highest BCUT2D eigenvalue weighted by molar-refractivity contribution is 6.35. The number of amides is 2. The Balaban J connectivity index is 2.32. The van der Waals surface area contributed by atoms with E-state index in [2.05, 4.69) is 15.6 Å². The fourth-order valence-electron chi connectivity index (χ4n) is 1.08. The van der Waals surface area contributed by atoms with Crippen LogP contribution in [0.4, 0.5) is 0 Å². The van der Waals surface area contributed by atoms with E-state index in [4.69, 9.17) is 0 Å². The van der Waals surface area contributed by atoms with Gasteiger partial charge in [-0.3, -0.25) is 14.6 Å². The zero-order valence-electron chi connectivity index (χ0n) is 9.19. The number of nitrogens with zero attached hydrogens (tertiary/aromatic N) is 1. The van der Waals surface area contributed by atoms with Crippen LogP contribution in [0.1, 0.15) is 18.9 Å². The van der Waals surface area contributed by atoms with Crippen molar-refractivity contribution in [3.05, 3.63) is 30.1 Å². The smallest absolute Gasteiger partial charge is 0.309 e. The quantitative estimate of drug-likeness (QED) is 0.715. The highest BCUT2D eigenvalue weighted by Gasteiger charge is 2.11. The van der Waals surface area contributed by atoms with E-state index in [1.165, 1.54) is 0 Å². The topological polar surface area (TPSA) is 71.1 Å². The van der Waals surface area contributed by atoms with E-state index < -0.39 is 11.8 Å². The van der Waals surface area contributed by atoms with Gasteiger partial charge in [-0.1, -0.05) is 6.92 Å². The number of carbonyl (C=O) groups is 2. The van der Waals surface area contributed by atoms with Crippen LogP contribution in [0.5, 0.6) is 0 Å². The van der Waals surface area contributed by atoms with E-state index in [0.29, 0.717) is 13.1 Å². The zero-order chi connectivity index (χ0) is 11.8. The highest BCUT2D eigenvalue weighted by Crippen LogP contribution is 1.94. The van der Waals surface area contributed by atoms with Gasteiger partial charge in [-0.2, -0.15) is 0 Å². The summed E-state index contributed by atoms with van der Waals surface area (Å²) >= 11 is 0. The molecule has 16 heavy (non-hydrogen) atoms. The molecule has 0 aromatic carbocycles. The Labute approximate surface area is 94.3 Å². The molecular formula is C11H15N3O2. The Bertz CT molecular complexity index is 352. The van der Waals surface area contributed by atoms with E-state index in [9.17, 15) is 9.59 Å². The molecule has 2 amide bonds. The van der Waals surface area contributed by atoms with Crippen molar-refractivity contribution in [2.24, 2.45) is 0 Å². The molecule has 0 saturated carbocycles. The molecule has 0 radical (unpaired) electrons. The molecule has 0 bridgehead atoms. The molecule has 0 saturated heterocycles. The van der Waals surface area contributed by atoms with E-state index in [1.54, 1.807) is 24.5 Å². The molecule has 0 spiro atoms. The number of rotatable bonds is 4. The molecule has 1 heterocycles. The first-order valence-corrected chi connectivity index (χ1v) is 5.19. The molecule has 0 aliphatic rings. The molecule has 0 aliphatic heterocycles. The Morgan fingerprint density at radius 2 is 1.81 bits per heavy atom. The standard InChI is InChI=1S/C11H15N3O2/c1-2-5-13-10(15)11(16)14-8-9-3-6-12-7-4-9/h3-4,6-7H,2,5,8H2,1H3,(H,13,15)(H,14,16). The van der Waals surface area contributed by atoms with Crippen molar-refractivity contribution < 1.29 is 9.59 Å². The normalized spacial score (nSPS) is 9.56. The van der Waals surface area contributed by atoms with Crippen LogP contribution in [0.15, 0.2) is 24.5 Å². The second-order valence-corrected chi connectivity index (χ2v) is 3.29. The maximum atomic E-state index is 11.3. The lowest BCUT2D eigenvalue weighted by Gasteiger charge is -2.05. The van der Waals surface area contributed by atoms with Crippen molar-refractivity contribution in [1.29, 1.82) is 0 Å². The van der Waals surface area contributed by atoms with Crippen molar-refractivity contribution in [2.75, 3.05) is 6.54 Å². The Morgan fingerprint density at radius 3 is 2.44 bits per heavy atom. The molecule has 1 aromatic rings. The molecule has 0 fully saturated rings. The van der Waals surface area contributed by atoms with Crippen molar-refractivity contribution in [3.63, 3.8) is 0 Å². The second kappa shape index (κ2) is 6.55. The summed E-state index contributed by atoms with van der Waals surface area (Å²) in [4.78, 5) is 26.3. The Kier molecular flexibility index (Phi) is 4.98. The summed E-state index contributed by atoms with van der Waals surface area (Å²) in [6.45, 7) is 2.78. The predicted molar refractivity (Wildman–Crippen MR) is 59.4 cm³/mol. The Morgan fingerprint density at radius 1 is 1.19 bits per heavy atom. The third kappa shape index (κ3) is 4.08. The highest BCUT2D eigenvalue weighted by atomic mass is 16.2. The van der Waals surface area contributed by atoms with Crippen LogP contribution in [0.2, 0.25) is 0 Å². The molecule has 0 unspecified atom stereocenters. The van der Waals surface area contributed by atoms with E-state index in [1.807, 2.05) is 6.92 Å². The Hall–Kier alpha value is -1.91. The fourth-order valence-corrected chi connectivity index (χ4v) is 1.08. The predicted octanol–water partition coefficient (Wildman–Crippen LogP) is 0.224. The maximum Gasteiger partial charge on any atom is 0.309 e. The average molecular weight is 221 g/mol. The minimum Gasteiger partial charge on any atom is -0.348 e. The summed E-state index contributed by atoms with van der Waals surface area (Å²) in [6.07, 6.45) is 4.08. The third-order valence-corrected chi connectivity index (χ3v) is 1.94. The van der Waals surface area contributed by atoms with Gasteiger partial charge in [-0.15, -0.1) is 0 Å². The summed E-state index contributed by atoms with van der Waals surface area (Å²) in [7, 11) is 0. The van der Waals surface area contributed by atoms with Gasteiger partial charge in [0.1, 0.15) is 0 Å². The van der Waals surface area contributed by atoms with Crippen LogP contribution in [0.25, 0.3) is 0 Å². The minimum atomic E-state index is -0.606. The number of carbonyl (C=O) groups excluding carboxylic acids is 2. The van der Waals surface area contributed by atoms with E-state index >= 15 is 0 Å². The number of hydrogen-bond donors (Lipinski definition) is 2. The SMILES string of the molecule is CCCNC(=O)C(=O)NCc1ccncc1. The van der Waals surface area contributed by atoms with Gasteiger partial charge in [0.05, 0.1) is 0 Å². The summed E-state index contributed by atoms with van der Waals surface area (Å²) < 4.78 is 0. The van der Waals surface area contributed by atoms with Gasteiger partial charge < -0.3 is 10.6 Å². The number of nitrogens with one attached hydrogen (secondary N) is 2. The van der Waals surface area contributed by atoms with E-state index in [-0.39, 0.29) is 0 Å². The summed E-state index contributed by atoms with van der Waals surface area (Å²) in [5.74, 6) is -1.19. The number of pyridine rings is 1. The van der Waals surface area contributed by atoms with Crippen LogP contribution in [-0.4, -0.2) is 23.3 Å². The lowest BCUT2D eigenvalue weighted by Crippen LogP contribution is -2.39. The van der Waals surface area contributed by atoms with Crippen LogP contribution in [-0.2, 0) is 16.1 Å². The molecule has 1 rings (SSSR count). The third-order valence-electron chi connectivity index (χ3n) is 1.94. The first kappa shape index (κ1) is 12.2. The lowest BCUT2D eigenvalue weighted by molar-refractivity contribution is -0.139. The van der Waals surface area contributed by atoms with Gasteiger partial charge in [0, 0.05) is 25.5 Å². The lowest BCUT2D eigenvalue weighted by atomic mass is 10.3. The molecule has 5 nitrogen and oxygen atoms in total. The van der Waals surface area contributed by atoms with Gasteiger partial charge in [0.2, 0.25) is 0 Å². The zero-order valence-corrected chi connectivity index (χ0v) is 9.19. The molecule has 1 aromatic heterocycles. The van der Waals surface area contributed by atoms with Gasteiger partial charge in [-0.05, 0) is 24.1 Å². The van der Waals surface area contributed by atoms with Gasteiger partial charge >= 0.3 is 11.8 Å². The summed E-state index contributed by atoms with van der Waals surface area (Å²) in [5, 5.41) is 5.03. The van der Waals surface area contributed by atoms with Crippen molar-refractivity contribution in [2.45, 2.75) is 19.9 Å². The molecule has 0 atom stereocenters. The van der Waals surface area contributed by atoms with Crippen LogP contribution in [0, 0.1) is 0 Å². The molecular weight excluding hydrogens is 206 g/mol. The first-order valence-electron chi connectivity index (χ1n) is 5.19. The van der Waals surface area contributed by atoms with Crippen LogP contribution >= 0.6 is 0 Å². The first-order chi connectivity index (χ1) is 7.74. The number of hydrogen-bond acceptors (Lipinski definition) is 3. The molecule has 2 N–H and O–H groups in total. The van der Waals surface area contributed by atoms with Crippen molar-refractivity contribution in [3.8, 4) is 0 Å². The average Bonchev–Trinajstić information content (AvgIpc) is 2.34. The van der Waals surface area contributed by atoms with Gasteiger partial charge in [0.15, 0.2) is 0 Å². The van der Waals surface area contributed by atoms with E-state index in [0.717, 1.165) is 12.0 Å². The van der Waals surface area contributed by atoms with Crippen molar-refractivity contribution >= 4 is 11.8 Å². The second-order valence-electron chi connectivity index (χ2n) is 3.29. The van der Waals surface area contributed by atoms with Gasteiger partial charge in [-0.25, -0.2) is 0 Å². The minimum absolute atomic E-state index is 0.334. The van der Waals surface area contributed by atoms with Crippen molar-refractivity contribution in [1.82, 2.24) is 15.6 Å². The van der Waals surface area contributed by atoms with Gasteiger partial charge in [0.25, 0.3) is 0 Å².